The van der Waals surface area contributed by atoms with Gasteiger partial charge in [-0.05, 0) is 44.1 Å². The summed E-state index contributed by atoms with van der Waals surface area (Å²) in [6.45, 7) is 6.97. The van der Waals surface area contributed by atoms with Crippen LogP contribution in [0.25, 0.3) is 0 Å². The highest BCUT2D eigenvalue weighted by Gasteiger charge is 2.25. The van der Waals surface area contributed by atoms with Crippen LogP contribution < -0.4 is 0 Å². The van der Waals surface area contributed by atoms with Crippen molar-refractivity contribution in [1.29, 1.82) is 0 Å². The fourth-order valence-electron chi connectivity index (χ4n) is 3.22. The summed E-state index contributed by atoms with van der Waals surface area (Å²) in [5.74, 6) is 0. The predicted octanol–water partition coefficient (Wildman–Crippen LogP) is 4.53. The molecule has 0 spiro atoms. The highest BCUT2D eigenvalue weighted by molar-refractivity contribution is 5.97. The zero-order valence-corrected chi connectivity index (χ0v) is 11.1. The van der Waals surface area contributed by atoms with E-state index in [1.165, 1.54) is 56.2 Å². The minimum atomic E-state index is 0.423. The third-order valence-electron chi connectivity index (χ3n) is 3.75. The van der Waals surface area contributed by atoms with Crippen LogP contribution in [0.5, 0.6) is 0 Å². The predicted molar refractivity (Wildman–Crippen MR) is 71.1 cm³/mol. The van der Waals surface area contributed by atoms with Gasteiger partial charge in [-0.15, -0.1) is 0 Å². The van der Waals surface area contributed by atoms with Gasteiger partial charge in [0, 0.05) is 5.71 Å². The van der Waals surface area contributed by atoms with Crippen LogP contribution in [-0.4, -0.2) is 11.8 Å². The minimum Gasteiger partial charge on any atom is -0.286 e. The number of nitrogens with zero attached hydrogens (tertiary/aromatic N) is 1. The highest BCUT2D eigenvalue weighted by atomic mass is 14.8. The van der Waals surface area contributed by atoms with E-state index in [1.807, 2.05) is 0 Å². The van der Waals surface area contributed by atoms with Gasteiger partial charge in [-0.2, -0.15) is 0 Å². The molecule has 0 atom stereocenters. The topological polar surface area (TPSA) is 12.4 Å². The lowest BCUT2D eigenvalue weighted by atomic mass is 9.77. The molecule has 0 N–H and O–H groups in total. The van der Waals surface area contributed by atoms with Crippen molar-refractivity contribution in [2.45, 2.75) is 71.8 Å². The summed E-state index contributed by atoms with van der Waals surface area (Å²) in [5.41, 5.74) is 3.29. The molecule has 0 amide bonds. The van der Waals surface area contributed by atoms with Crippen molar-refractivity contribution in [3.63, 3.8) is 0 Å². The van der Waals surface area contributed by atoms with Crippen molar-refractivity contribution in [3.05, 3.63) is 11.6 Å². The molecule has 0 aromatic rings. The molecule has 2 aliphatic rings. The average molecular weight is 219 g/mol. The Kier molecular flexibility index (Phi) is 3.51. The van der Waals surface area contributed by atoms with E-state index in [4.69, 9.17) is 4.99 Å². The summed E-state index contributed by atoms with van der Waals surface area (Å²) in [6.07, 6.45) is 11.5. The Labute approximate surface area is 100 Å². The molecule has 0 aliphatic heterocycles. The lowest BCUT2D eigenvalue weighted by Gasteiger charge is -2.30. The van der Waals surface area contributed by atoms with E-state index in [0.717, 1.165) is 0 Å². The van der Waals surface area contributed by atoms with Gasteiger partial charge >= 0.3 is 0 Å². The molecule has 0 aromatic heterocycles. The van der Waals surface area contributed by atoms with Gasteiger partial charge in [0.2, 0.25) is 0 Å². The number of hydrogen-bond acceptors (Lipinski definition) is 1. The second kappa shape index (κ2) is 4.73. The Hall–Kier alpha value is -0.590. The fraction of sp³-hybridized carbons (Fsp3) is 0.800. The molecule has 0 bridgehead atoms. The van der Waals surface area contributed by atoms with E-state index >= 15 is 0 Å². The van der Waals surface area contributed by atoms with Gasteiger partial charge in [-0.1, -0.05) is 38.7 Å². The van der Waals surface area contributed by atoms with Crippen LogP contribution in [0.3, 0.4) is 0 Å². The lowest BCUT2D eigenvalue weighted by Crippen LogP contribution is -2.23. The van der Waals surface area contributed by atoms with Crippen LogP contribution in [0.15, 0.2) is 16.6 Å². The fourth-order valence-corrected chi connectivity index (χ4v) is 3.22. The maximum absolute atomic E-state index is 4.98. The van der Waals surface area contributed by atoms with Crippen LogP contribution in [0.1, 0.15) is 65.7 Å². The molecule has 1 nitrogen and oxygen atoms in total. The molecule has 0 saturated heterocycles. The van der Waals surface area contributed by atoms with E-state index in [2.05, 4.69) is 26.8 Å². The second-order valence-corrected chi connectivity index (χ2v) is 6.42. The first-order valence-corrected chi connectivity index (χ1v) is 6.79. The Bertz CT molecular complexity index is 303. The number of hydrogen-bond donors (Lipinski definition) is 0. The van der Waals surface area contributed by atoms with Crippen LogP contribution in [0.2, 0.25) is 0 Å². The average Bonchev–Trinajstić information content (AvgIpc) is 2.15. The third-order valence-corrected chi connectivity index (χ3v) is 3.75. The molecule has 2 rings (SSSR count). The lowest BCUT2D eigenvalue weighted by molar-refractivity contribution is 0.370. The van der Waals surface area contributed by atoms with Crippen molar-refractivity contribution in [2.75, 3.05) is 0 Å². The molecule has 1 saturated carbocycles. The zero-order chi connectivity index (χ0) is 11.6. The van der Waals surface area contributed by atoms with E-state index in [9.17, 15) is 0 Å². The van der Waals surface area contributed by atoms with E-state index in [0.29, 0.717) is 11.5 Å². The maximum atomic E-state index is 4.98. The minimum absolute atomic E-state index is 0.423. The molecular formula is C15H25N. The Morgan fingerprint density at radius 1 is 1.12 bits per heavy atom. The normalized spacial score (nSPS) is 29.2. The first-order valence-electron chi connectivity index (χ1n) is 6.79. The van der Waals surface area contributed by atoms with Crippen molar-refractivity contribution < 1.29 is 0 Å². The summed E-state index contributed by atoms with van der Waals surface area (Å²) in [5, 5.41) is 0. The maximum Gasteiger partial charge on any atom is 0.0502 e. The monoisotopic (exact) mass is 219 g/mol. The van der Waals surface area contributed by atoms with Gasteiger partial charge in [0.1, 0.15) is 0 Å². The molecule has 0 heterocycles. The third kappa shape index (κ3) is 3.20. The van der Waals surface area contributed by atoms with Gasteiger partial charge in [0.25, 0.3) is 0 Å². The summed E-state index contributed by atoms with van der Waals surface area (Å²) in [7, 11) is 0. The largest absolute Gasteiger partial charge is 0.286 e. The van der Waals surface area contributed by atoms with Gasteiger partial charge in [-0.25, -0.2) is 0 Å². The van der Waals surface area contributed by atoms with E-state index in [-0.39, 0.29) is 0 Å². The van der Waals surface area contributed by atoms with Gasteiger partial charge in [0.15, 0.2) is 0 Å². The van der Waals surface area contributed by atoms with Gasteiger partial charge in [-0.3, -0.25) is 4.99 Å². The smallest absolute Gasteiger partial charge is 0.0502 e. The highest BCUT2D eigenvalue weighted by Crippen LogP contribution is 2.34. The Balaban J connectivity index is 2.07. The van der Waals surface area contributed by atoms with Crippen molar-refractivity contribution in [3.8, 4) is 0 Å². The molecule has 2 aliphatic carbocycles. The molecule has 1 heteroatoms. The molecular weight excluding hydrogens is 194 g/mol. The Morgan fingerprint density at radius 3 is 2.44 bits per heavy atom. The number of rotatable bonds is 1. The second-order valence-electron chi connectivity index (χ2n) is 6.42. The summed E-state index contributed by atoms with van der Waals surface area (Å²) < 4.78 is 0. The van der Waals surface area contributed by atoms with Crippen LogP contribution in [-0.2, 0) is 0 Å². The summed E-state index contributed by atoms with van der Waals surface area (Å²) in [6, 6.07) is 0.627. The van der Waals surface area contributed by atoms with Crippen LogP contribution in [0, 0.1) is 5.41 Å². The molecule has 90 valence electrons. The quantitative estimate of drug-likeness (QED) is 0.614. The SMILES string of the molecule is CC1=CC(=NC2CCCCC2)CC(C)(C)C1. The molecule has 0 unspecified atom stereocenters. The molecule has 0 radical (unpaired) electrons. The van der Waals surface area contributed by atoms with E-state index < -0.39 is 0 Å². The van der Waals surface area contributed by atoms with Crippen LogP contribution >= 0.6 is 0 Å². The van der Waals surface area contributed by atoms with Crippen molar-refractivity contribution in [1.82, 2.24) is 0 Å². The van der Waals surface area contributed by atoms with Crippen molar-refractivity contribution >= 4 is 5.71 Å². The standard InChI is InChI=1S/C15H25N/c1-12-9-14(11-15(2,3)10-12)16-13-7-5-4-6-8-13/h9,13H,4-8,10-11H2,1-3H3. The molecule has 0 aromatic carbocycles. The molecule has 1 fully saturated rings. The summed E-state index contributed by atoms with van der Waals surface area (Å²) in [4.78, 5) is 4.98. The Morgan fingerprint density at radius 2 is 1.81 bits per heavy atom. The number of allylic oxidation sites excluding steroid dienone is 2. The van der Waals surface area contributed by atoms with Crippen LogP contribution in [0.4, 0.5) is 0 Å². The number of aliphatic imine (C=N–C) groups is 1. The van der Waals surface area contributed by atoms with Gasteiger partial charge < -0.3 is 0 Å². The molecule has 16 heavy (non-hydrogen) atoms. The summed E-state index contributed by atoms with van der Waals surface area (Å²) >= 11 is 0. The van der Waals surface area contributed by atoms with Gasteiger partial charge in [0.05, 0.1) is 6.04 Å². The van der Waals surface area contributed by atoms with E-state index in [1.54, 1.807) is 0 Å². The zero-order valence-electron chi connectivity index (χ0n) is 11.1. The first-order chi connectivity index (χ1) is 7.55. The van der Waals surface area contributed by atoms with Crippen molar-refractivity contribution in [2.24, 2.45) is 10.4 Å². The first kappa shape index (κ1) is 11.9.